The number of aliphatic hydroxyl groups excluding tert-OH is 2. The van der Waals surface area contributed by atoms with Gasteiger partial charge >= 0.3 is 29.6 Å². The predicted molar refractivity (Wildman–Crippen MR) is 122 cm³/mol. The minimum absolute atomic E-state index is 0. The first-order valence-corrected chi connectivity index (χ1v) is 13.1. The molecule has 4 aliphatic carbocycles. The Balaban J connectivity index is 0.00000304. The van der Waals surface area contributed by atoms with Crippen molar-refractivity contribution in [3.63, 3.8) is 0 Å². The summed E-state index contributed by atoms with van der Waals surface area (Å²) in [5.74, 6) is -0.776. The monoisotopic (exact) mass is 514 g/mol. The fourth-order valence-electron chi connectivity index (χ4n) is 9.31. The van der Waals surface area contributed by atoms with Crippen molar-refractivity contribution < 1.29 is 68.7 Å². The Kier molecular flexibility index (Phi) is 7.73. The van der Waals surface area contributed by atoms with E-state index in [0.717, 1.165) is 24.7 Å². The standard InChI is InChI=1S/C27H40O8.Na/c1-13(2)19-8-16-9-25(11-28)18-7-6-14(3)17(18)10-26(16,27(19,25)24(31)32)12-34-23-21(30)20(29)22(33-5)15(4)35-23;/h8,11,13-18,20-23,29-30H,6-7,9-10,12H2,1-5H3,(H,31,32);/q;+1/p-1. The average molecular weight is 515 g/mol. The molecule has 5 aliphatic rings. The van der Waals surface area contributed by atoms with E-state index in [9.17, 15) is 24.9 Å². The summed E-state index contributed by atoms with van der Waals surface area (Å²) in [6, 6.07) is 0. The van der Waals surface area contributed by atoms with Gasteiger partial charge in [0, 0.05) is 17.9 Å². The largest absolute Gasteiger partial charge is 1.00 e. The number of aliphatic hydroxyl groups is 2. The van der Waals surface area contributed by atoms with Gasteiger partial charge < -0.3 is 39.1 Å². The van der Waals surface area contributed by atoms with Crippen molar-refractivity contribution in [2.45, 2.75) is 84.1 Å². The van der Waals surface area contributed by atoms with Crippen molar-refractivity contribution in [1.29, 1.82) is 0 Å². The summed E-state index contributed by atoms with van der Waals surface area (Å²) in [4.78, 5) is 26.4. The summed E-state index contributed by atoms with van der Waals surface area (Å²) in [6.45, 7) is 7.89. The van der Waals surface area contributed by atoms with Gasteiger partial charge in [0.1, 0.15) is 24.6 Å². The molecule has 36 heavy (non-hydrogen) atoms. The molecule has 0 radical (unpaired) electrons. The van der Waals surface area contributed by atoms with Crippen LogP contribution in [0.2, 0.25) is 0 Å². The van der Waals surface area contributed by atoms with Crippen molar-refractivity contribution >= 4 is 12.3 Å². The van der Waals surface area contributed by atoms with Crippen LogP contribution in [0.5, 0.6) is 0 Å². The first-order chi connectivity index (χ1) is 16.5. The molecule has 0 aromatic carbocycles. The predicted octanol–water partition coefficient (Wildman–Crippen LogP) is -1.92. The van der Waals surface area contributed by atoms with Gasteiger partial charge in [0.2, 0.25) is 0 Å². The summed E-state index contributed by atoms with van der Waals surface area (Å²) >= 11 is 0. The van der Waals surface area contributed by atoms with Crippen LogP contribution >= 0.6 is 0 Å². The SMILES string of the molecule is COC1C(C)OC(OCC23CC4C(C)CCC4C4(C=O)CC2C=C(C(C)C)C43C(=O)[O-])C(O)C1O.[Na+]. The molecule has 12 atom stereocenters. The number of rotatable bonds is 7. The van der Waals surface area contributed by atoms with Gasteiger partial charge in [0.25, 0.3) is 0 Å². The summed E-state index contributed by atoms with van der Waals surface area (Å²) < 4.78 is 17.4. The average Bonchev–Trinajstić information content (AvgIpc) is 3.38. The van der Waals surface area contributed by atoms with E-state index in [2.05, 4.69) is 13.0 Å². The quantitative estimate of drug-likeness (QED) is 0.229. The summed E-state index contributed by atoms with van der Waals surface area (Å²) in [5.41, 5.74) is -2.57. The number of ether oxygens (including phenoxy) is 3. The minimum atomic E-state index is -1.45. The number of allylic oxidation sites excluding steroid dienone is 1. The molecule has 1 aliphatic heterocycles. The number of carboxylic acid groups (broad SMARTS) is 1. The smallest absolute Gasteiger partial charge is 0.549 e. The van der Waals surface area contributed by atoms with E-state index in [-0.39, 0.29) is 59.8 Å². The molecule has 0 aromatic heterocycles. The molecule has 196 valence electrons. The van der Waals surface area contributed by atoms with Crippen molar-refractivity contribution in [2.24, 2.45) is 45.8 Å². The molecule has 0 amide bonds. The zero-order valence-electron chi connectivity index (χ0n) is 22.3. The van der Waals surface area contributed by atoms with Gasteiger partial charge in [0.05, 0.1) is 24.1 Å². The normalized spacial score (nSPS) is 51.0. The molecule has 12 unspecified atom stereocenters. The maximum absolute atomic E-state index is 13.3. The van der Waals surface area contributed by atoms with Crippen LogP contribution in [0.3, 0.4) is 0 Å². The fraction of sp³-hybridized carbons (Fsp3) is 0.852. The molecule has 0 spiro atoms. The third-order valence-corrected chi connectivity index (χ3v) is 10.7. The van der Waals surface area contributed by atoms with Crippen LogP contribution in [0.1, 0.15) is 53.4 Å². The van der Waals surface area contributed by atoms with Crippen LogP contribution < -0.4 is 34.7 Å². The number of carbonyl (C=O) groups is 2. The Hall–Kier alpha value is -0.320. The maximum Gasteiger partial charge on any atom is 1.00 e. The van der Waals surface area contributed by atoms with Gasteiger partial charge in [0.15, 0.2) is 6.29 Å². The van der Waals surface area contributed by atoms with Crippen molar-refractivity contribution in [3.05, 3.63) is 11.6 Å². The second-order valence-electron chi connectivity index (χ2n) is 12.2. The number of hydrogen-bond donors (Lipinski definition) is 2. The molecule has 0 aromatic rings. The minimum Gasteiger partial charge on any atom is -0.549 e. The first kappa shape index (κ1) is 28.7. The number of hydrogen-bond acceptors (Lipinski definition) is 8. The molecule has 3 saturated carbocycles. The molecule has 2 N–H and O–H groups in total. The first-order valence-electron chi connectivity index (χ1n) is 13.1. The summed E-state index contributed by atoms with van der Waals surface area (Å²) in [7, 11) is 1.44. The van der Waals surface area contributed by atoms with Gasteiger partial charge in [-0.15, -0.1) is 0 Å². The van der Waals surface area contributed by atoms with Crippen molar-refractivity contribution in [1.82, 2.24) is 0 Å². The number of aldehydes is 1. The molecule has 4 fully saturated rings. The second kappa shape index (κ2) is 9.70. The van der Waals surface area contributed by atoms with E-state index in [1.165, 1.54) is 7.11 Å². The van der Waals surface area contributed by atoms with Gasteiger partial charge in [-0.2, -0.15) is 0 Å². The Morgan fingerprint density at radius 2 is 1.94 bits per heavy atom. The van der Waals surface area contributed by atoms with Gasteiger partial charge in [-0.25, -0.2) is 0 Å². The van der Waals surface area contributed by atoms with Crippen LogP contribution in [-0.2, 0) is 23.8 Å². The Morgan fingerprint density at radius 1 is 1.25 bits per heavy atom. The van der Waals surface area contributed by atoms with Crippen LogP contribution in [0, 0.1) is 45.8 Å². The Labute approximate surface area is 235 Å². The van der Waals surface area contributed by atoms with E-state index in [4.69, 9.17) is 14.2 Å². The van der Waals surface area contributed by atoms with Crippen LogP contribution in [0.15, 0.2) is 11.6 Å². The Bertz CT molecular complexity index is 923. The van der Waals surface area contributed by atoms with Crippen LogP contribution in [-0.4, -0.2) is 66.9 Å². The summed E-state index contributed by atoms with van der Waals surface area (Å²) in [5, 5.41) is 34.6. The fourth-order valence-corrected chi connectivity index (χ4v) is 9.31. The molecule has 8 nitrogen and oxygen atoms in total. The number of methoxy groups -OCH3 is 1. The molecule has 1 heterocycles. The number of carboxylic acids is 1. The van der Waals surface area contributed by atoms with E-state index < -0.39 is 52.9 Å². The number of carbonyl (C=O) groups excluding carboxylic acids is 2. The molecule has 4 bridgehead atoms. The topological polar surface area (TPSA) is 125 Å². The second-order valence-corrected chi connectivity index (χ2v) is 12.2. The van der Waals surface area contributed by atoms with Crippen LogP contribution in [0.25, 0.3) is 0 Å². The van der Waals surface area contributed by atoms with E-state index in [1.807, 2.05) is 13.8 Å². The van der Waals surface area contributed by atoms with Gasteiger partial charge in [-0.1, -0.05) is 38.8 Å². The zero-order chi connectivity index (χ0) is 25.5. The molecular formula is C27H39NaO8. The van der Waals surface area contributed by atoms with Crippen LogP contribution in [0.4, 0.5) is 0 Å². The molecule has 5 rings (SSSR count). The van der Waals surface area contributed by atoms with Crippen molar-refractivity contribution in [3.8, 4) is 0 Å². The van der Waals surface area contributed by atoms with Gasteiger partial charge in [-0.05, 0) is 55.8 Å². The third kappa shape index (κ3) is 3.35. The molecule has 9 heteroatoms. The Morgan fingerprint density at radius 3 is 2.53 bits per heavy atom. The maximum atomic E-state index is 13.3. The van der Waals surface area contributed by atoms with Crippen molar-refractivity contribution in [2.75, 3.05) is 13.7 Å². The third-order valence-electron chi connectivity index (χ3n) is 10.7. The summed E-state index contributed by atoms with van der Waals surface area (Å²) in [6.07, 6.45) is 1.05. The van der Waals surface area contributed by atoms with E-state index in [1.54, 1.807) is 6.92 Å². The molecular weight excluding hydrogens is 475 g/mol. The number of aliphatic carboxylic acids is 1. The van der Waals surface area contributed by atoms with E-state index >= 15 is 0 Å². The van der Waals surface area contributed by atoms with E-state index in [0.29, 0.717) is 18.8 Å². The zero-order valence-corrected chi connectivity index (χ0v) is 24.3. The molecule has 1 saturated heterocycles. The van der Waals surface area contributed by atoms with Gasteiger partial charge in [-0.3, -0.25) is 0 Å². The number of fused-ring (bicyclic) bond motifs is 2.